The molecule has 0 aliphatic rings. The molecule has 0 aliphatic heterocycles. The summed E-state index contributed by atoms with van der Waals surface area (Å²) in [6, 6.07) is 1.44. The third-order valence-electron chi connectivity index (χ3n) is 0.856. The molecule has 0 unspecified atom stereocenters. The Hall–Kier alpha value is -1.36. The van der Waals surface area contributed by atoms with Crippen molar-refractivity contribution >= 4 is 5.91 Å². The highest BCUT2D eigenvalue weighted by atomic mass is 16.6. The summed E-state index contributed by atoms with van der Waals surface area (Å²) in [5, 5.41) is 3.33. The Kier molecular flexibility index (Phi) is 2.01. The molecule has 1 N–H and O–H groups in total. The van der Waals surface area contributed by atoms with Gasteiger partial charge in [0.15, 0.2) is 0 Å². The normalized spacial score (nSPS) is 9.30. The minimum absolute atomic E-state index is 0.127. The van der Waals surface area contributed by atoms with Crippen LogP contribution in [-0.2, 0) is 4.84 Å². The fourth-order valence-corrected chi connectivity index (χ4v) is 0.476. The lowest BCUT2D eigenvalue weighted by molar-refractivity contribution is 0.0502. The van der Waals surface area contributed by atoms with Crippen LogP contribution in [0.3, 0.4) is 0 Å². The second-order valence-electron chi connectivity index (χ2n) is 1.51. The Morgan fingerprint density at radius 2 is 2.70 bits per heavy atom. The molecular weight excluding hydrogens is 136 g/mol. The molecular formula is C5H6N2O3. The van der Waals surface area contributed by atoms with Gasteiger partial charge >= 0.3 is 5.91 Å². The van der Waals surface area contributed by atoms with E-state index in [2.05, 4.69) is 20.0 Å². The fourth-order valence-electron chi connectivity index (χ4n) is 0.476. The smallest absolute Gasteiger partial charge is 0.313 e. The van der Waals surface area contributed by atoms with Gasteiger partial charge in [0.1, 0.15) is 0 Å². The fraction of sp³-hybridized carbons (Fsp3) is 0.200. The number of carbonyl (C=O) groups excluding carboxylic acids is 1. The first-order valence-corrected chi connectivity index (χ1v) is 2.58. The van der Waals surface area contributed by atoms with E-state index in [-0.39, 0.29) is 5.76 Å². The van der Waals surface area contributed by atoms with Gasteiger partial charge in [0.2, 0.25) is 5.76 Å². The van der Waals surface area contributed by atoms with Gasteiger partial charge < -0.3 is 4.52 Å². The zero-order valence-corrected chi connectivity index (χ0v) is 5.33. The first-order chi connectivity index (χ1) is 4.84. The molecule has 1 heterocycles. The average Bonchev–Trinajstić information content (AvgIpc) is 2.38. The van der Waals surface area contributed by atoms with E-state index in [0.717, 1.165) is 0 Å². The molecule has 54 valence electrons. The number of rotatable bonds is 2. The molecule has 0 atom stereocenters. The zero-order valence-electron chi connectivity index (χ0n) is 5.33. The highest BCUT2D eigenvalue weighted by molar-refractivity contribution is 5.90. The topological polar surface area (TPSA) is 64.4 Å². The van der Waals surface area contributed by atoms with Crippen molar-refractivity contribution in [3.63, 3.8) is 0 Å². The van der Waals surface area contributed by atoms with Crippen LogP contribution in [0.15, 0.2) is 16.8 Å². The van der Waals surface area contributed by atoms with Gasteiger partial charge in [0.05, 0.1) is 13.3 Å². The van der Waals surface area contributed by atoms with Crippen molar-refractivity contribution in [2.45, 2.75) is 0 Å². The van der Waals surface area contributed by atoms with Crippen LogP contribution in [0.4, 0.5) is 0 Å². The number of amides is 1. The molecule has 1 rings (SSSR count). The first-order valence-electron chi connectivity index (χ1n) is 2.58. The predicted molar refractivity (Wildman–Crippen MR) is 31.0 cm³/mol. The third kappa shape index (κ3) is 1.32. The number of nitrogens with one attached hydrogen (secondary N) is 1. The van der Waals surface area contributed by atoms with Crippen LogP contribution in [-0.4, -0.2) is 18.2 Å². The maximum atomic E-state index is 10.7. The van der Waals surface area contributed by atoms with Crippen LogP contribution in [0.5, 0.6) is 0 Å². The summed E-state index contributed by atoms with van der Waals surface area (Å²) in [6.45, 7) is 0. The van der Waals surface area contributed by atoms with E-state index >= 15 is 0 Å². The number of carbonyl (C=O) groups is 1. The van der Waals surface area contributed by atoms with Gasteiger partial charge in [-0.3, -0.25) is 9.63 Å². The molecule has 1 amide bonds. The summed E-state index contributed by atoms with van der Waals surface area (Å²) in [7, 11) is 1.34. The van der Waals surface area contributed by atoms with Crippen LogP contribution >= 0.6 is 0 Å². The Morgan fingerprint density at radius 3 is 3.20 bits per heavy atom. The molecule has 0 bridgehead atoms. The molecule has 0 fully saturated rings. The molecule has 0 spiro atoms. The molecule has 1 aromatic heterocycles. The van der Waals surface area contributed by atoms with E-state index < -0.39 is 5.91 Å². The molecule has 0 aromatic carbocycles. The van der Waals surface area contributed by atoms with E-state index in [1.807, 2.05) is 0 Å². The van der Waals surface area contributed by atoms with Crippen molar-refractivity contribution in [1.29, 1.82) is 0 Å². The van der Waals surface area contributed by atoms with Gasteiger partial charge in [-0.05, 0) is 0 Å². The van der Waals surface area contributed by atoms with Gasteiger partial charge in [-0.25, -0.2) is 5.48 Å². The second-order valence-corrected chi connectivity index (χ2v) is 1.51. The van der Waals surface area contributed by atoms with E-state index in [9.17, 15) is 4.79 Å². The number of nitrogens with zero attached hydrogens (tertiary/aromatic N) is 1. The quantitative estimate of drug-likeness (QED) is 0.588. The molecule has 5 nitrogen and oxygen atoms in total. The molecule has 10 heavy (non-hydrogen) atoms. The van der Waals surface area contributed by atoms with Gasteiger partial charge in [-0.15, -0.1) is 0 Å². The summed E-state index contributed by atoms with van der Waals surface area (Å²) < 4.78 is 4.51. The van der Waals surface area contributed by atoms with Crippen LogP contribution in [0.2, 0.25) is 0 Å². The van der Waals surface area contributed by atoms with E-state index in [1.54, 1.807) is 0 Å². The summed E-state index contributed by atoms with van der Waals surface area (Å²) in [5.74, 6) is -0.318. The summed E-state index contributed by atoms with van der Waals surface area (Å²) in [5.41, 5.74) is 2.08. The molecule has 0 saturated carbocycles. The second kappa shape index (κ2) is 2.98. The molecule has 1 aromatic rings. The summed E-state index contributed by atoms with van der Waals surface area (Å²) in [6.07, 6.45) is 1.38. The monoisotopic (exact) mass is 142 g/mol. The maximum Gasteiger partial charge on any atom is 0.313 e. The van der Waals surface area contributed by atoms with Crippen LogP contribution in [0.1, 0.15) is 10.6 Å². The van der Waals surface area contributed by atoms with Gasteiger partial charge in [0.25, 0.3) is 0 Å². The zero-order chi connectivity index (χ0) is 7.40. The summed E-state index contributed by atoms with van der Waals surface area (Å²) in [4.78, 5) is 15.1. The van der Waals surface area contributed by atoms with Crippen molar-refractivity contribution in [1.82, 2.24) is 10.6 Å². The van der Waals surface area contributed by atoms with Crippen LogP contribution in [0, 0.1) is 0 Å². The highest BCUT2D eigenvalue weighted by Crippen LogP contribution is 1.94. The molecule has 5 heteroatoms. The third-order valence-corrected chi connectivity index (χ3v) is 0.856. The van der Waals surface area contributed by atoms with Crippen molar-refractivity contribution < 1.29 is 14.2 Å². The Morgan fingerprint density at radius 1 is 1.90 bits per heavy atom. The van der Waals surface area contributed by atoms with Crippen molar-refractivity contribution in [2.24, 2.45) is 0 Å². The average molecular weight is 142 g/mol. The molecule has 0 aliphatic carbocycles. The van der Waals surface area contributed by atoms with Crippen molar-refractivity contribution in [3.8, 4) is 0 Å². The first kappa shape index (κ1) is 6.76. The van der Waals surface area contributed by atoms with Gasteiger partial charge in [0, 0.05) is 6.07 Å². The number of hydroxylamine groups is 1. The van der Waals surface area contributed by atoms with Crippen LogP contribution < -0.4 is 5.48 Å². The van der Waals surface area contributed by atoms with E-state index in [1.165, 1.54) is 19.4 Å². The molecule has 0 saturated heterocycles. The lowest BCUT2D eigenvalue weighted by atomic mass is 10.4. The summed E-state index contributed by atoms with van der Waals surface area (Å²) >= 11 is 0. The van der Waals surface area contributed by atoms with Gasteiger partial charge in [-0.1, -0.05) is 5.16 Å². The number of aromatic nitrogens is 1. The van der Waals surface area contributed by atoms with Crippen molar-refractivity contribution in [2.75, 3.05) is 7.11 Å². The van der Waals surface area contributed by atoms with Crippen LogP contribution in [0.25, 0.3) is 0 Å². The lowest BCUT2D eigenvalue weighted by Crippen LogP contribution is -2.20. The van der Waals surface area contributed by atoms with Crippen molar-refractivity contribution in [3.05, 3.63) is 18.0 Å². The Labute approximate surface area is 56.9 Å². The maximum absolute atomic E-state index is 10.7. The Balaban J connectivity index is 2.59. The van der Waals surface area contributed by atoms with E-state index in [0.29, 0.717) is 0 Å². The number of hydrogen-bond acceptors (Lipinski definition) is 4. The molecule has 0 radical (unpaired) electrons. The SMILES string of the molecule is CONC(=O)c1ccno1. The van der Waals surface area contributed by atoms with Gasteiger partial charge in [-0.2, -0.15) is 0 Å². The Bertz CT molecular complexity index is 207. The minimum Gasteiger partial charge on any atom is -0.351 e. The van der Waals surface area contributed by atoms with E-state index in [4.69, 9.17) is 0 Å². The number of hydrogen-bond donors (Lipinski definition) is 1. The predicted octanol–water partition coefficient (Wildman–Crippen LogP) is -0.0342. The standard InChI is InChI=1S/C5H6N2O3/c1-9-7-5(8)4-2-3-6-10-4/h2-3H,1H3,(H,7,8). The lowest BCUT2D eigenvalue weighted by Gasteiger charge is -1.94. The largest absolute Gasteiger partial charge is 0.351 e. The highest BCUT2D eigenvalue weighted by Gasteiger charge is 2.07. The minimum atomic E-state index is -0.444.